The van der Waals surface area contributed by atoms with E-state index in [4.69, 9.17) is 4.99 Å². The van der Waals surface area contributed by atoms with Gasteiger partial charge in [-0.1, -0.05) is 30.3 Å². The Morgan fingerprint density at radius 1 is 1.09 bits per heavy atom. The van der Waals surface area contributed by atoms with Gasteiger partial charge >= 0.3 is 0 Å². The van der Waals surface area contributed by atoms with Crippen molar-refractivity contribution in [1.82, 2.24) is 14.9 Å². The molecule has 3 rings (SSSR count). The molecule has 0 saturated carbocycles. The molecule has 0 amide bonds. The molecule has 0 bridgehead atoms. The van der Waals surface area contributed by atoms with E-state index in [0.29, 0.717) is 0 Å². The fourth-order valence-electron chi connectivity index (χ4n) is 2.55. The number of H-pyrrole nitrogens is 1. The Kier molecular flexibility index (Phi) is 4.19. The minimum Gasteiger partial charge on any atom is -0.354 e. The van der Waals surface area contributed by atoms with E-state index < -0.39 is 0 Å². The number of fused-ring (bicyclic) bond motifs is 1. The van der Waals surface area contributed by atoms with Crippen molar-refractivity contribution < 1.29 is 0 Å². The maximum atomic E-state index is 4.84. The van der Waals surface area contributed by atoms with Gasteiger partial charge < -0.3 is 9.88 Å². The minimum absolute atomic E-state index is 0.803. The Balaban J connectivity index is 2.06. The summed E-state index contributed by atoms with van der Waals surface area (Å²) in [6.07, 6.45) is 3.59. The first-order valence-corrected chi connectivity index (χ1v) is 7.64. The topological polar surface area (TPSA) is 44.3 Å². The van der Waals surface area contributed by atoms with Crippen molar-refractivity contribution >= 4 is 22.3 Å². The van der Waals surface area contributed by atoms with Crippen LogP contribution < -0.4 is 0 Å². The lowest BCUT2D eigenvalue weighted by Crippen LogP contribution is -2.32. The zero-order valence-electron chi connectivity index (χ0n) is 13.0. The molecule has 0 aliphatic heterocycles. The van der Waals surface area contributed by atoms with Crippen LogP contribution in [0.3, 0.4) is 0 Å². The Bertz CT molecular complexity index is 771. The van der Waals surface area contributed by atoms with Crippen molar-refractivity contribution in [2.75, 3.05) is 13.1 Å². The highest BCUT2D eigenvalue weighted by atomic mass is 15.2. The highest BCUT2D eigenvalue weighted by Gasteiger charge is 2.13. The van der Waals surface area contributed by atoms with E-state index in [9.17, 15) is 0 Å². The van der Waals surface area contributed by atoms with Gasteiger partial charge in [-0.05, 0) is 36.8 Å². The minimum atomic E-state index is 0.803. The number of aromatic amines is 1. The molecule has 0 aliphatic carbocycles. The molecule has 4 heteroatoms. The Labute approximate surface area is 130 Å². The summed E-state index contributed by atoms with van der Waals surface area (Å²) < 4.78 is 0. The SMILES string of the molecule is CCN(CC)C(=Nc1ccc2ccccc2c1)c1ncc[nH]1. The lowest BCUT2D eigenvalue weighted by molar-refractivity contribution is 0.464. The van der Waals surface area contributed by atoms with Gasteiger partial charge in [-0.15, -0.1) is 0 Å². The van der Waals surface area contributed by atoms with Gasteiger partial charge in [0.1, 0.15) is 0 Å². The van der Waals surface area contributed by atoms with Gasteiger partial charge in [-0.25, -0.2) is 9.98 Å². The van der Waals surface area contributed by atoms with E-state index in [1.54, 1.807) is 6.20 Å². The first kappa shape index (κ1) is 14.3. The summed E-state index contributed by atoms with van der Waals surface area (Å²) in [7, 11) is 0. The molecule has 4 nitrogen and oxygen atoms in total. The lowest BCUT2D eigenvalue weighted by Gasteiger charge is -2.21. The maximum Gasteiger partial charge on any atom is 0.173 e. The first-order chi connectivity index (χ1) is 10.8. The molecule has 1 aromatic heterocycles. The number of imidazole rings is 1. The van der Waals surface area contributed by atoms with Gasteiger partial charge in [0.15, 0.2) is 11.7 Å². The number of nitrogens with zero attached hydrogens (tertiary/aromatic N) is 3. The van der Waals surface area contributed by atoms with E-state index in [2.05, 4.69) is 65.1 Å². The van der Waals surface area contributed by atoms with E-state index in [-0.39, 0.29) is 0 Å². The van der Waals surface area contributed by atoms with Gasteiger partial charge in [0.05, 0.1) is 5.69 Å². The standard InChI is InChI=1S/C18H20N4/c1-3-22(4-2)18(17-19-11-12-20-17)21-16-10-9-14-7-5-6-8-15(14)13-16/h5-13H,3-4H2,1-2H3,(H,19,20). The molecule has 3 aromatic rings. The summed E-state index contributed by atoms with van der Waals surface area (Å²) >= 11 is 0. The summed E-state index contributed by atoms with van der Waals surface area (Å²) in [5.74, 6) is 1.68. The normalized spacial score (nSPS) is 11.8. The second-order valence-corrected chi connectivity index (χ2v) is 5.08. The molecule has 0 unspecified atom stereocenters. The predicted molar refractivity (Wildman–Crippen MR) is 91.7 cm³/mol. The smallest absolute Gasteiger partial charge is 0.173 e. The number of aromatic nitrogens is 2. The van der Waals surface area contributed by atoms with Crippen molar-refractivity contribution in [3.8, 4) is 0 Å². The van der Waals surface area contributed by atoms with Crippen LogP contribution in [0.1, 0.15) is 19.7 Å². The average molecular weight is 292 g/mol. The van der Waals surface area contributed by atoms with E-state index in [1.165, 1.54) is 10.8 Å². The Morgan fingerprint density at radius 3 is 2.55 bits per heavy atom. The molecule has 22 heavy (non-hydrogen) atoms. The summed E-state index contributed by atoms with van der Waals surface area (Å²) in [6.45, 7) is 6.04. The van der Waals surface area contributed by atoms with Crippen molar-refractivity contribution in [3.63, 3.8) is 0 Å². The van der Waals surface area contributed by atoms with E-state index in [1.807, 2.05) is 12.3 Å². The van der Waals surface area contributed by atoms with Gasteiger partial charge in [-0.2, -0.15) is 0 Å². The third kappa shape index (κ3) is 2.86. The zero-order chi connectivity index (χ0) is 15.4. The summed E-state index contributed by atoms with van der Waals surface area (Å²) in [5, 5.41) is 2.42. The number of nitrogens with one attached hydrogen (secondary N) is 1. The van der Waals surface area contributed by atoms with Crippen LogP contribution in [-0.4, -0.2) is 33.8 Å². The molecule has 0 fully saturated rings. The van der Waals surface area contributed by atoms with Crippen LogP contribution in [0.4, 0.5) is 5.69 Å². The van der Waals surface area contributed by atoms with Gasteiger partial charge in [0, 0.05) is 25.5 Å². The number of benzene rings is 2. The van der Waals surface area contributed by atoms with Crippen molar-refractivity contribution in [1.29, 1.82) is 0 Å². The highest BCUT2D eigenvalue weighted by molar-refractivity contribution is 5.98. The molecule has 0 aliphatic rings. The molecule has 0 spiro atoms. The predicted octanol–water partition coefficient (Wildman–Crippen LogP) is 3.98. The van der Waals surface area contributed by atoms with E-state index >= 15 is 0 Å². The van der Waals surface area contributed by atoms with Gasteiger partial charge in [0.2, 0.25) is 0 Å². The van der Waals surface area contributed by atoms with Gasteiger partial charge in [0.25, 0.3) is 0 Å². The number of hydrogen-bond acceptors (Lipinski definition) is 2. The molecule has 0 saturated heterocycles. The fourth-order valence-corrected chi connectivity index (χ4v) is 2.55. The molecule has 2 aromatic carbocycles. The van der Waals surface area contributed by atoms with Crippen LogP contribution in [0, 0.1) is 0 Å². The summed E-state index contributed by atoms with van der Waals surface area (Å²) in [6, 6.07) is 14.6. The maximum absolute atomic E-state index is 4.84. The van der Waals surface area contributed by atoms with Crippen LogP contribution in [0.15, 0.2) is 59.9 Å². The van der Waals surface area contributed by atoms with Crippen LogP contribution in [-0.2, 0) is 0 Å². The number of aliphatic imine (C=N–C) groups is 1. The lowest BCUT2D eigenvalue weighted by atomic mass is 10.1. The van der Waals surface area contributed by atoms with E-state index in [0.717, 1.165) is 30.4 Å². The highest BCUT2D eigenvalue weighted by Crippen LogP contribution is 2.22. The monoisotopic (exact) mass is 292 g/mol. The molecule has 0 atom stereocenters. The number of amidine groups is 1. The largest absolute Gasteiger partial charge is 0.354 e. The van der Waals surface area contributed by atoms with Crippen LogP contribution in [0.5, 0.6) is 0 Å². The van der Waals surface area contributed by atoms with Crippen LogP contribution in [0.2, 0.25) is 0 Å². The molecule has 112 valence electrons. The summed E-state index contributed by atoms with van der Waals surface area (Å²) in [4.78, 5) is 14.6. The number of rotatable bonds is 4. The molecule has 1 heterocycles. The van der Waals surface area contributed by atoms with Gasteiger partial charge in [-0.3, -0.25) is 0 Å². The fraction of sp³-hybridized carbons (Fsp3) is 0.222. The average Bonchev–Trinajstić information content (AvgIpc) is 3.09. The third-order valence-electron chi connectivity index (χ3n) is 3.74. The first-order valence-electron chi connectivity index (χ1n) is 7.64. The summed E-state index contributed by atoms with van der Waals surface area (Å²) in [5.41, 5.74) is 0.942. The van der Waals surface area contributed by atoms with Crippen LogP contribution in [0.25, 0.3) is 10.8 Å². The second-order valence-electron chi connectivity index (χ2n) is 5.08. The van der Waals surface area contributed by atoms with Crippen LogP contribution >= 0.6 is 0 Å². The molecule has 1 N–H and O–H groups in total. The molecular weight excluding hydrogens is 272 g/mol. The molecule has 0 radical (unpaired) electrons. The quantitative estimate of drug-likeness (QED) is 0.584. The Hall–Kier alpha value is -2.62. The van der Waals surface area contributed by atoms with Crippen molar-refractivity contribution in [2.45, 2.75) is 13.8 Å². The third-order valence-corrected chi connectivity index (χ3v) is 3.74. The van der Waals surface area contributed by atoms with Crippen molar-refractivity contribution in [2.24, 2.45) is 4.99 Å². The number of hydrogen-bond donors (Lipinski definition) is 1. The van der Waals surface area contributed by atoms with Crippen molar-refractivity contribution in [3.05, 3.63) is 60.7 Å². The second kappa shape index (κ2) is 6.43. The zero-order valence-corrected chi connectivity index (χ0v) is 13.0. The molecular formula is C18H20N4. The Morgan fingerprint density at radius 2 is 1.86 bits per heavy atom.